The number of aliphatic imine (C=N–C) groups is 1. The molecule has 0 saturated heterocycles. The molecule has 3 rings (SSSR count). The largest absolute Gasteiger partial charge is 0.357 e. The Balaban J connectivity index is 1.73. The smallest absolute Gasteiger partial charge is 0.191 e. The quantitative estimate of drug-likeness (QED) is 0.415. The van der Waals surface area contributed by atoms with Crippen molar-refractivity contribution in [1.29, 1.82) is 0 Å². The van der Waals surface area contributed by atoms with Gasteiger partial charge in [-0.1, -0.05) is 72.8 Å². The maximum Gasteiger partial charge on any atom is 0.191 e. The summed E-state index contributed by atoms with van der Waals surface area (Å²) in [6.45, 7) is 3.94. The summed E-state index contributed by atoms with van der Waals surface area (Å²) in [5.41, 5.74) is 3.44. The van der Waals surface area contributed by atoms with Crippen LogP contribution in [0.3, 0.4) is 0 Å². The first-order valence-electron chi connectivity index (χ1n) is 10.4. The van der Waals surface area contributed by atoms with Crippen LogP contribution in [0.4, 0.5) is 0 Å². The van der Waals surface area contributed by atoms with Crippen LogP contribution in [0.25, 0.3) is 0 Å². The highest BCUT2D eigenvalue weighted by molar-refractivity contribution is 7.90. The Kier molecular flexibility index (Phi) is 7.84. The van der Waals surface area contributed by atoms with Gasteiger partial charge in [0.2, 0.25) is 0 Å². The van der Waals surface area contributed by atoms with Crippen LogP contribution in [-0.4, -0.2) is 33.7 Å². The summed E-state index contributed by atoms with van der Waals surface area (Å²) in [7, 11) is -3.19. The third kappa shape index (κ3) is 6.69. The normalized spacial score (nSPS) is 12.0. The lowest BCUT2D eigenvalue weighted by molar-refractivity contribution is 0.602. The molecule has 3 aromatic carbocycles. The molecule has 6 heteroatoms. The Hall–Kier alpha value is -3.12. The first-order chi connectivity index (χ1) is 15.0. The number of nitrogens with one attached hydrogen (secondary N) is 2. The number of rotatable bonds is 8. The van der Waals surface area contributed by atoms with Gasteiger partial charge in [-0.3, -0.25) is 0 Å². The lowest BCUT2D eigenvalue weighted by atomic mass is 9.91. The third-order valence-corrected chi connectivity index (χ3v) is 6.12. The van der Waals surface area contributed by atoms with Crippen molar-refractivity contribution in [3.63, 3.8) is 0 Å². The Bertz CT molecular complexity index is 1040. The molecule has 0 aliphatic rings. The van der Waals surface area contributed by atoms with Gasteiger partial charge in [-0.2, -0.15) is 0 Å². The summed E-state index contributed by atoms with van der Waals surface area (Å²) in [6.07, 6.45) is 1.21. The first-order valence-corrected chi connectivity index (χ1v) is 12.3. The highest BCUT2D eigenvalue weighted by Crippen LogP contribution is 2.23. The summed E-state index contributed by atoms with van der Waals surface area (Å²) in [4.78, 5) is 5.00. The summed E-state index contributed by atoms with van der Waals surface area (Å²) in [5.74, 6) is 0.923. The van der Waals surface area contributed by atoms with Crippen molar-refractivity contribution in [3.05, 3.63) is 102 Å². The zero-order valence-electron chi connectivity index (χ0n) is 18.0. The van der Waals surface area contributed by atoms with Crippen molar-refractivity contribution in [2.45, 2.75) is 24.3 Å². The fraction of sp³-hybridized carbons (Fsp3) is 0.240. The number of hydrogen-bond donors (Lipinski definition) is 2. The second-order valence-electron chi connectivity index (χ2n) is 7.37. The number of nitrogens with zero attached hydrogens (tertiary/aromatic N) is 1. The zero-order valence-corrected chi connectivity index (χ0v) is 18.8. The molecule has 0 fully saturated rings. The molecule has 31 heavy (non-hydrogen) atoms. The maximum absolute atomic E-state index is 11.6. The summed E-state index contributed by atoms with van der Waals surface area (Å²) < 4.78 is 23.3. The molecule has 0 atom stereocenters. The van der Waals surface area contributed by atoms with E-state index in [1.54, 1.807) is 24.3 Å². The van der Waals surface area contributed by atoms with Crippen LogP contribution < -0.4 is 10.6 Å². The molecule has 162 valence electrons. The summed E-state index contributed by atoms with van der Waals surface area (Å²) in [6, 6.07) is 27.7. The average molecular weight is 436 g/mol. The Morgan fingerprint density at radius 3 is 1.87 bits per heavy atom. The van der Waals surface area contributed by atoms with Crippen LogP contribution in [0.2, 0.25) is 0 Å². The molecule has 3 aromatic rings. The Morgan fingerprint density at radius 2 is 1.39 bits per heavy atom. The van der Waals surface area contributed by atoms with Gasteiger partial charge >= 0.3 is 0 Å². The lowest BCUT2D eigenvalue weighted by Crippen LogP contribution is -2.39. The van der Waals surface area contributed by atoms with Gasteiger partial charge in [0, 0.05) is 25.3 Å². The summed E-state index contributed by atoms with van der Waals surface area (Å²) in [5, 5.41) is 6.76. The first kappa shape index (κ1) is 22.6. The molecule has 0 aliphatic heterocycles. The molecule has 2 N–H and O–H groups in total. The Labute approximate surface area is 185 Å². The van der Waals surface area contributed by atoms with E-state index >= 15 is 0 Å². The number of sulfone groups is 1. The van der Waals surface area contributed by atoms with Crippen molar-refractivity contribution in [2.75, 3.05) is 19.3 Å². The average Bonchev–Trinajstić information content (AvgIpc) is 2.78. The monoisotopic (exact) mass is 435 g/mol. The standard InChI is InChI=1S/C25H29N3O2S/c1-3-26-25(27-18-20-14-16-23(17-15-20)31(2,29)30)28-19-24(21-10-6-4-7-11-21)22-12-8-5-9-13-22/h4-17,24H,3,18-19H2,1-2H3,(H2,26,27,28). The van der Waals surface area contributed by atoms with E-state index in [0.29, 0.717) is 18.0 Å². The molecule has 0 unspecified atom stereocenters. The number of guanidine groups is 1. The fourth-order valence-corrected chi connectivity index (χ4v) is 3.98. The van der Waals surface area contributed by atoms with E-state index in [1.807, 2.05) is 19.1 Å². The van der Waals surface area contributed by atoms with Crippen molar-refractivity contribution in [3.8, 4) is 0 Å². The number of benzene rings is 3. The highest BCUT2D eigenvalue weighted by atomic mass is 32.2. The second kappa shape index (κ2) is 10.8. The lowest BCUT2D eigenvalue weighted by Gasteiger charge is -2.20. The molecule has 0 heterocycles. The maximum atomic E-state index is 11.6. The van der Waals surface area contributed by atoms with Crippen LogP contribution in [0.1, 0.15) is 29.5 Å². The van der Waals surface area contributed by atoms with Gasteiger partial charge in [-0.15, -0.1) is 0 Å². The van der Waals surface area contributed by atoms with Gasteiger partial charge in [0.05, 0.1) is 11.4 Å². The molecule has 0 aromatic heterocycles. The zero-order chi connectivity index (χ0) is 22.1. The van der Waals surface area contributed by atoms with E-state index < -0.39 is 9.84 Å². The van der Waals surface area contributed by atoms with E-state index in [4.69, 9.17) is 0 Å². The van der Waals surface area contributed by atoms with Crippen LogP contribution in [0, 0.1) is 0 Å². The van der Waals surface area contributed by atoms with Crippen molar-refractivity contribution in [1.82, 2.24) is 10.6 Å². The highest BCUT2D eigenvalue weighted by Gasteiger charge is 2.14. The molecule has 0 radical (unpaired) electrons. The van der Waals surface area contributed by atoms with E-state index in [9.17, 15) is 8.42 Å². The van der Waals surface area contributed by atoms with Crippen LogP contribution in [0.5, 0.6) is 0 Å². The predicted molar refractivity (Wildman–Crippen MR) is 127 cm³/mol. The SMILES string of the molecule is CCNC(=NCc1ccc(S(C)(=O)=O)cc1)NCC(c1ccccc1)c1ccccc1. The molecular weight excluding hydrogens is 406 g/mol. The molecule has 0 spiro atoms. The topological polar surface area (TPSA) is 70.6 Å². The number of hydrogen-bond acceptors (Lipinski definition) is 3. The van der Waals surface area contributed by atoms with Gasteiger partial charge in [0.15, 0.2) is 15.8 Å². The van der Waals surface area contributed by atoms with Crippen LogP contribution in [-0.2, 0) is 16.4 Å². The molecule has 0 bridgehead atoms. The van der Waals surface area contributed by atoms with Gasteiger partial charge in [0.25, 0.3) is 0 Å². The fourth-order valence-electron chi connectivity index (χ4n) is 3.35. The van der Waals surface area contributed by atoms with E-state index in [0.717, 1.165) is 18.1 Å². The molecule has 0 amide bonds. The van der Waals surface area contributed by atoms with Crippen molar-refractivity contribution >= 4 is 15.8 Å². The van der Waals surface area contributed by atoms with E-state index in [1.165, 1.54) is 17.4 Å². The van der Waals surface area contributed by atoms with E-state index in [2.05, 4.69) is 64.2 Å². The Morgan fingerprint density at radius 1 is 0.839 bits per heavy atom. The minimum Gasteiger partial charge on any atom is -0.357 e. The van der Waals surface area contributed by atoms with Gasteiger partial charge in [0.1, 0.15) is 0 Å². The van der Waals surface area contributed by atoms with Crippen molar-refractivity contribution < 1.29 is 8.42 Å². The van der Waals surface area contributed by atoms with Crippen LogP contribution >= 0.6 is 0 Å². The molecular formula is C25H29N3O2S. The minimum atomic E-state index is -3.19. The predicted octanol–water partition coefficient (Wildman–Crippen LogP) is 3.98. The third-order valence-electron chi connectivity index (χ3n) is 4.99. The van der Waals surface area contributed by atoms with Gasteiger partial charge in [-0.05, 0) is 35.7 Å². The van der Waals surface area contributed by atoms with E-state index in [-0.39, 0.29) is 5.92 Å². The second-order valence-corrected chi connectivity index (χ2v) is 9.38. The molecule has 0 aliphatic carbocycles. The van der Waals surface area contributed by atoms with Gasteiger partial charge in [-0.25, -0.2) is 13.4 Å². The van der Waals surface area contributed by atoms with Crippen LogP contribution in [0.15, 0.2) is 94.8 Å². The minimum absolute atomic E-state index is 0.195. The van der Waals surface area contributed by atoms with Gasteiger partial charge < -0.3 is 10.6 Å². The van der Waals surface area contributed by atoms with Crippen molar-refractivity contribution in [2.24, 2.45) is 4.99 Å². The molecule has 0 saturated carbocycles. The molecule has 5 nitrogen and oxygen atoms in total. The summed E-state index contributed by atoms with van der Waals surface area (Å²) >= 11 is 0.